The van der Waals surface area contributed by atoms with Crippen LogP contribution in [0.2, 0.25) is 0 Å². The zero-order chi connectivity index (χ0) is 15.6. The van der Waals surface area contributed by atoms with Gasteiger partial charge in [0.1, 0.15) is 0 Å². The number of nitrogens with zero attached hydrogens (tertiary/aromatic N) is 5. The van der Waals surface area contributed by atoms with Gasteiger partial charge in [-0.15, -0.1) is 5.10 Å². The predicted molar refractivity (Wildman–Crippen MR) is 74.0 cm³/mol. The first-order valence-electron chi connectivity index (χ1n) is 6.56. The zero-order valence-corrected chi connectivity index (χ0v) is 12.1. The molecule has 8 heteroatoms. The zero-order valence-electron chi connectivity index (χ0n) is 12.1. The van der Waals surface area contributed by atoms with Crippen LogP contribution in [-0.4, -0.2) is 35.6 Å². The molecule has 0 radical (unpaired) electrons. The summed E-state index contributed by atoms with van der Waals surface area (Å²) in [5, 5.41) is 16.7. The van der Waals surface area contributed by atoms with Crippen LogP contribution in [0.5, 0.6) is 0 Å². The number of aliphatic carboxylic acids is 1. The van der Waals surface area contributed by atoms with E-state index in [0.717, 1.165) is 0 Å². The normalized spacial score (nSPS) is 12.3. The lowest BCUT2D eigenvalue weighted by atomic mass is 9.98. The second-order valence-corrected chi connectivity index (χ2v) is 4.86. The summed E-state index contributed by atoms with van der Waals surface area (Å²) in [5.74, 6) is -1.65. The maximum absolute atomic E-state index is 12.0. The maximum Gasteiger partial charge on any atom is 0.348 e. The Morgan fingerprint density at radius 1 is 1.38 bits per heavy atom. The van der Waals surface area contributed by atoms with Gasteiger partial charge < -0.3 is 5.11 Å². The van der Waals surface area contributed by atoms with Crippen LogP contribution >= 0.6 is 0 Å². The molecular weight excluding hydrogens is 274 g/mol. The van der Waals surface area contributed by atoms with Gasteiger partial charge in [0.15, 0.2) is 0 Å². The Labute approximate surface area is 121 Å². The topological polar surface area (TPSA) is 103 Å². The van der Waals surface area contributed by atoms with Gasteiger partial charge in [-0.2, -0.15) is 4.98 Å². The van der Waals surface area contributed by atoms with Crippen LogP contribution in [0.3, 0.4) is 0 Å². The molecule has 0 aliphatic carbocycles. The highest BCUT2D eigenvalue weighted by Gasteiger charge is 2.22. The molecule has 0 bridgehead atoms. The third-order valence-electron chi connectivity index (χ3n) is 3.51. The summed E-state index contributed by atoms with van der Waals surface area (Å²) < 4.78 is 3.08. The van der Waals surface area contributed by atoms with Crippen molar-refractivity contribution in [2.45, 2.75) is 39.8 Å². The number of hydrogen-bond donors (Lipinski definition) is 1. The lowest BCUT2D eigenvalue weighted by molar-refractivity contribution is -0.138. The molecule has 0 aliphatic heterocycles. The van der Waals surface area contributed by atoms with Gasteiger partial charge in [0.25, 0.3) is 0 Å². The number of rotatable bonds is 5. The molecule has 21 heavy (non-hydrogen) atoms. The van der Waals surface area contributed by atoms with Crippen molar-refractivity contribution in [2.24, 2.45) is 0 Å². The Balaban J connectivity index is 2.39. The molecule has 0 saturated carbocycles. The van der Waals surface area contributed by atoms with Crippen molar-refractivity contribution < 1.29 is 9.90 Å². The van der Waals surface area contributed by atoms with E-state index in [-0.39, 0.29) is 5.69 Å². The Morgan fingerprint density at radius 3 is 2.67 bits per heavy atom. The SMILES string of the molecule is Cc1nc(=O)n(CCn2ccnn2)c(C)c1C(C)C(=O)O. The van der Waals surface area contributed by atoms with Crippen LogP contribution in [0.4, 0.5) is 0 Å². The molecule has 0 saturated heterocycles. The van der Waals surface area contributed by atoms with Crippen molar-refractivity contribution in [3.8, 4) is 0 Å². The first-order valence-corrected chi connectivity index (χ1v) is 6.56. The van der Waals surface area contributed by atoms with E-state index < -0.39 is 11.9 Å². The molecule has 0 fully saturated rings. The van der Waals surface area contributed by atoms with E-state index in [0.29, 0.717) is 30.0 Å². The van der Waals surface area contributed by atoms with Crippen molar-refractivity contribution in [3.05, 3.63) is 39.8 Å². The molecule has 2 heterocycles. The fourth-order valence-corrected chi connectivity index (χ4v) is 2.38. The molecule has 2 aromatic rings. The molecule has 2 aromatic heterocycles. The molecule has 1 unspecified atom stereocenters. The minimum atomic E-state index is -0.940. The molecule has 1 N–H and O–H groups in total. The fourth-order valence-electron chi connectivity index (χ4n) is 2.38. The van der Waals surface area contributed by atoms with Crippen LogP contribution in [0.1, 0.15) is 29.8 Å². The van der Waals surface area contributed by atoms with Gasteiger partial charge in [-0.05, 0) is 20.8 Å². The molecule has 0 spiro atoms. The lowest BCUT2D eigenvalue weighted by Gasteiger charge is -2.17. The van der Waals surface area contributed by atoms with Crippen LogP contribution in [0.15, 0.2) is 17.2 Å². The Kier molecular flexibility index (Phi) is 4.15. The Bertz CT molecular complexity index is 705. The Hall–Kier alpha value is -2.51. The smallest absolute Gasteiger partial charge is 0.348 e. The van der Waals surface area contributed by atoms with E-state index in [1.54, 1.807) is 37.8 Å². The lowest BCUT2D eigenvalue weighted by Crippen LogP contribution is -2.30. The van der Waals surface area contributed by atoms with Crippen LogP contribution in [-0.2, 0) is 17.9 Å². The molecule has 112 valence electrons. The van der Waals surface area contributed by atoms with E-state index in [1.807, 2.05) is 0 Å². The van der Waals surface area contributed by atoms with Crippen molar-refractivity contribution in [3.63, 3.8) is 0 Å². The summed E-state index contributed by atoms with van der Waals surface area (Å²) in [4.78, 5) is 27.2. The summed E-state index contributed by atoms with van der Waals surface area (Å²) >= 11 is 0. The number of carboxylic acid groups (broad SMARTS) is 1. The van der Waals surface area contributed by atoms with Crippen LogP contribution in [0.25, 0.3) is 0 Å². The van der Waals surface area contributed by atoms with Crippen LogP contribution < -0.4 is 5.69 Å². The minimum Gasteiger partial charge on any atom is -0.481 e. The molecule has 8 nitrogen and oxygen atoms in total. The van der Waals surface area contributed by atoms with Gasteiger partial charge in [0, 0.05) is 29.7 Å². The predicted octanol–water partition coefficient (Wildman–Crippen LogP) is 0.340. The fraction of sp³-hybridized carbons (Fsp3) is 0.462. The molecule has 2 rings (SSSR count). The van der Waals surface area contributed by atoms with E-state index in [4.69, 9.17) is 0 Å². The standard InChI is InChI=1S/C13H17N5O3/c1-8(12(19)20)11-9(2)15-13(21)18(10(11)3)7-6-17-5-4-14-16-17/h4-5,8H,6-7H2,1-3H3,(H,19,20). The molecule has 0 amide bonds. The van der Waals surface area contributed by atoms with Gasteiger partial charge in [0.2, 0.25) is 0 Å². The van der Waals surface area contributed by atoms with Gasteiger partial charge in [0.05, 0.1) is 18.7 Å². The largest absolute Gasteiger partial charge is 0.481 e. The highest BCUT2D eigenvalue weighted by atomic mass is 16.4. The summed E-state index contributed by atoms with van der Waals surface area (Å²) in [7, 11) is 0. The third-order valence-corrected chi connectivity index (χ3v) is 3.51. The monoisotopic (exact) mass is 291 g/mol. The first kappa shape index (κ1) is 14.9. The summed E-state index contributed by atoms with van der Waals surface area (Å²) in [6.45, 7) is 5.82. The van der Waals surface area contributed by atoms with Gasteiger partial charge in [-0.1, -0.05) is 5.21 Å². The van der Waals surface area contributed by atoms with Gasteiger partial charge >= 0.3 is 11.7 Å². The van der Waals surface area contributed by atoms with E-state index in [9.17, 15) is 14.7 Å². The summed E-state index contributed by atoms with van der Waals surface area (Å²) in [6, 6.07) is 0. The first-order chi connectivity index (χ1) is 9.91. The van der Waals surface area contributed by atoms with E-state index in [2.05, 4.69) is 15.3 Å². The summed E-state index contributed by atoms with van der Waals surface area (Å²) in [5.41, 5.74) is 1.29. The summed E-state index contributed by atoms with van der Waals surface area (Å²) in [6.07, 6.45) is 3.25. The highest BCUT2D eigenvalue weighted by Crippen LogP contribution is 2.21. The van der Waals surface area contributed by atoms with Crippen LogP contribution in [0, 0.1) is 13.8 Å². The quantitative estimate of drug-likeness (QED) is 0.852. The second kappa shape index (κ2) is 5.86. The number of carboxylic acids is 1. The number of hydrogen-bond acceptors (Lipinski definition) is 5. The van der Waals surface area contributed by atoms with Gasteiger partial charge in [-0.25, -0.2) is 4.79 Å². The minimum absolute atomic E-state index is 0.362. The average molecular weight is 291 g/mol. The molecule has 0 aliphatic rings. The molecular formula is C13H17N5O3. The number of aryl methyl sites for hydroxylation is 2. The molecule has 0 aromatic carbocycles. The third kappa shape index (κ3) is 2.99. The van der Waals surface area contributed by atoms with Crippen molar-refractivity contribution in [2.75, 3.05) is 0 Å². The Morgan fingerprint density at radius 2 is 2.10 bits per heavy atom. The number of carbonyl (C=O) groups is 1. The molecule has 1 atom stereocenters. The second-order valence-electron chi connectivity index (χ2n) is 4.86. The maximum atomic E-state index is 12.0. The van der Waals surface area contributed by atoms with Crippen molar-refractivity contribution >= 4 is 5.97 Å². The van der Waals surface area contributed by atoms with E-state index >= 15 is 0 Å². The average Bonchev–Trinajstić information content (AvgIpc) is 2.90. The van der Waals surface area contributed by atoms with E-state index in [1.165, 1.54) is 4.57 Å². The van der Waals surface area contributed by atoms with Crippen molar-refractivity contribution in [1.29, 1.82) is 0 Å². The van der Waals surface area contributed by atoms with Crippen molar-refractivity contribution in [1.82, 2.24) is 24.5 Å². The number of aromatic nitrogens is 5. The van der Waals surface area contributed by atoms with Gasteiger partial charge in [-0.3, -0.25) is 14.0 Å². The highest BCUT2D eigenvalue weighted by molar-refractivity contribution is 5.76.